The van der Waals surface area contributed by atoms with Gasteiger partial charge in [0.05, 0.1) is 0 Å². The van der Waals surface area contributed by atoms with E-state index in [0.29, 0.717) is 5.75 Å². The van der Waals surface area contributed by atoms with E-state index >= 15 is 0 Å². The third-order valence-corrected chi connectivity index (χ3v) is 2.00. The predicted molar refractivity (Wildman–Crippen MR) is 51.7 cm³/mol. The molecule has 0 bridgehead atoms. The van der Waals surface area contributed by atoms with E-state index in [-0.39, 0.29) is 0 Å². The van der Waals surface area contributed by atoms with E-state index in [9.17, 15) is 0 Å². The maximum Gasteiger partial charge on any atom is 0.254 e. The Kier molecular flexibility index (Phi) is 1.51. The van der Waals surface area contributed by atoms with E-state index in [0.717, 1.165) is 5.39 Å². The number of rotatable bonds is 0. The van der Waals surface area contributed by atoms with Crippen molar-refractivity contribution >= 4 is 10.8 Å². The molecule has 2 N–H and O–H groups in total. The van der Waals surface area contributed by atoms with Crippen LogP contribution in [0.4, 0.5) is 0 Å². The highest BCUT2D eigenvalue weighted by Gasteiger charge is 1.96. The van der Waals surface area contributed by atoms with E-state index in [1.54, 1.807) is 0 Å². The second kappa shape index (κ2) is 2.52. The highest BCUT2D eigenvalue weighted by Crippen LogP contribution is 2.20. The molecule has 0 heterocycles. The van der Waals surface area contributed by atoms with Crippen molar-refractivity contribution in [3.63, 3.8) is 0 Å². The van der Waals surface area contributed by atoms with Gasteiger partial charge in [0.1, 0.15) is 0 Å². The second-order valence-electron chi connectivity index (χ2n) is 3.07. The van der Waals surface area contributed by atoms with Gasteiger partial charge in [-0.25, -0.2) is 0 Å². The van der Waals surface area contributed by atoms with Crippen LogP contribution in [-0.2, 0) is 0 Å². The third kappa shape index (κ3) is 1.14. The van der Waals surface area contributed by atoms with Crippen LogP contribution < -0.4 is 0 Å². The van der Waals surface area contributed by atoms with Crippen LogP contribution in [0.2, 0.25) is 0 Å². The Morgan fingerprint density at radius 2 is 1.67 bits per heavy atom. The predicted octanol–water partition coefficient (Wildman–Crippen LogP) is 2.59. The molecule has 0 amide bonds. The molecule has 0 aliphatic rings. The molecule has 0 saturated carbocycles. The van der Waals surface area contributed by atoms with E-state index in [1.165, 1.54) is 10.9 Å². The molecule has 0 spiro atoms. The molecule has 2 aromatic rings. The molecule has 60 valence electrons. The Morgan fingerprint density at radius 3 is 2.50 bits per heavy atom. The minimum atomic E-state index is 0.577. The van der Waals surface area contributed by atoms with Crippen molar-refractivity contribution in [3.8, 4) is 5.75 Å². The van der Waals surface area contributed by atoms with E-state index in [2.05, 4.69) is 25.1 Å². The molecule has 0 aromatic heterocycles. The first-order valence-electron chi connectivity index (χ1n) is 3.98. The molecule has 0 fully saturated rings. The molecular formula is C11H11O+. The van der Waals surface area contributed by atoms with E-state index in [4.69, 9.17) is 5.11 Å². The summed E-state index contributed by atoms with van der Waals surface area (Å²) in [6.45, 7) is 2.07. The van der Waals surface area contributed by atoms with Gasteiger partial charge in [-0.2, -0.15) is 0 Å². The van der Waals surface area contributed by atoms with Crippen LogP contribution in [0.15, 0.2) is 36.4 Å². The smallest absolute Gasteiger partial charge is 0.254 e. The zero-order valence-electron chi connectivity index (χ0n) is 6.96. The van der Waals surface area contributed by atoms with Gasteiger partial charge in [-0.05, 0) is 23.8 Å². The van der Waals surface area contributed by atoms with Crippen molar-refractivity contribution in [2.75, 3.05) is 0 Å². The Labute approximate surface area is 71.3 Å². The number of hydrogen-bond acceptors (Lipinski definition) is 0. The molecular weight excluding hydrogens is 148 g/mol. The van der Waals surface area contributed by atoms with Crippen molar-refractivity contribution in [1.82, 2.24) is 0 Å². The van der Waals surface area contributed by atoms with Gasteiger partial charge in [0.25, 0.3) is 5.75 Å². The lowest BCUT2D eigenvalue weighted by molar-refractivity contribution is 0.476. The molecule has 1 heteroatoms. The summed E-state index contributed by atoms with van der Waals surface area (Å²) in [6.07, 6.45) is 0. The lowest BCUT2D eigenvalue weighted by Gasteiger charge is -1.97. The number of hydrogen-bond donors (Lipinski definition) is 0. The molecule has 0 aliphatic heterocycles. The molecule has 0 atom stereocenters. The van der Waals surface area contributed by atoms with Crippen LogP contribution in [0, 0.1) is 6.92 Å². The highest BCUT2D eigenvalue weighted by molar-refractivity contribution is 5.84. The van der Waals surface area contributed by atoms with Crippen molar-refractivity contribution in [2.24, 2.45) is 0 Å². The quantitative estimate of drug-likeness (QED) is 0.527. The fourth-order valence-corrected chi connectivity index (χ4v) is 1.37. The summed E-state index contributed by atoms with van der Waals surface area (Å²) >= 11 is 0. The molecule has 12 heavy (non-hydrogen) atoms. The van der Waals surface area contributed by atoms with Crippen molar-refractivity contribution in [1.29, 1.82) is 0 Å². The fraction of sp³-hybridized carbons (Fsp3) is 0.0909. The minimum absolute atomic E-state index is 0.577. The second-order valence-corrected chi connectivity index (χ2v) is 3.07. The summed E-state index contributed by atoms with van der Waals surface area (Å²) in [4.78, 5) is 0. The van der Waals surface area contributed by atoms with Gasteiger partial charge in [-0.3, -0.25) is 0 Å². The largest absolute Gasteiger partial charge is 0.593 e. The van der Waals surface area contributed by atoms with Gasteiger partial charge in [0.2, 0.25) is 0 Å². The first-order chi connectivity index (χ1) is 5.75. The zero-order valence-corrected chi connectivity index (χ0v) is 6.96. The van der Waals surface area contributed by atoms with Crippen molar-refractivity contribution < 1.29 is 5.11 Å². The van der Waals surface area contributed by atoms with Crippen LogP contribution in [0.5, 0.6) is 5.75 Å². The van der Waals surface area contributed by atoms with Crippen molar-refractivity contribution in [2.45, 2.75) is 6.92 Å². The van der Waals surface area contributed by atoms with Gasteiger partial charge in [-0.15, -0.1) is 0 Å². The van der Waals surface area contributed by atoms with Crippen LogP contribution in [0.1, 0.15) is 5.56 Å². The summed E-state index contributed by atoms with van der Waals surface area (Å²) in [5.74, 6) is 0.577. The SMILES string of the molecule is Cc1ccc2ccc([OH2+])cc2c1. The Balaban J connectivity index is 2.80. The number of aryl methyl sites for hydroxylation is 1. The van der Waals surface area contributed by atoms with Crippen LogP contribution in [0.25, 0.3) is 10.8 Å². The van der Waals surface area contributed by atoms with Gasteiger partial charge in [-0.1, -0.05) is 23.8 Å². The maximum atomic E-state index is 7.45. The van der Waals surface area contributed by atoms with E-state index in [1.807, 2.05) is 18.2 Å². The Morgan fingerprint density at radius 1 is 0.917 bits per heavy atom. The first-order valence-corrected chi connectivity index (χ1v) is 3.98. The molecule has 2 rings (SSSR count). The summed E-state index contributed by atoms with van der Waals surface area (Å²) in [7, 11) is 0. The average Bonchev–Trinajstić information content (AvgIpc) is 2.03. The standard InChI is InChI=1S/C11H10O/c1-8-2-3-9-4-5-11(12)7-10(9)6-8/h2-7,12H,1H3/p+1. The van der Waals surface area contributed by atoms with Gasteiger partial charge < -0.3 is 5.11 Å². The summed E-state index contributed by atoms with van der Waals surface area (Å²) in [5.41, 5.74) is 1.24. The van der Waals surface area contributed by atoms with Gasteiger partial charge in [0, 0.05) is 12.1 Å². The van der Waals surface area contributed by atoms with Gasteiger partial charge >= 0.3 is 0 Å². The average molecular weight is 159 g/mol. The summed E-state index contributed by atoms with van der Waals surface area (Å²) in [5, 5.41) is 9.81. The zero-order chi connectivity index (χ0) is 8.55. The Hall–Kier alpha value is -1.50. The fourth-order valence-electron chi connectivity index (χ4n) is 1.37. The molecule has 0 radical (unpaired) electrons. The van der Waals surface area contributed by atoms with Crippen molar-refractivity contribution in [3.05, 3.63) is 42.0 Å². The molecule has 0 aliphatic carbocycles. The minimum Gasteiger partial charge on any atom is -0.593 e. The monoisotopic (exact) mass is 159 g/mol. The summed E-state index contributed by atoms with van der Waals surface area (Å²) in [6, 6.07) is 12.0. The molecule has 1 nitrogen and oxygen atoms in total. The van der Waals surface area contributed by atoms with Gasteiger partial charge in [0.15, 0.2) is 0 Å². The topological polar surface area (TPSA) is 22.9 Å². The van der Waals surface area contributed by atoms with Crippen LogP contribution in [0.3, 0.4) is 0 Å². The normalized spacial score (nSPS) is 10.4. The lowest BCUT2D eigenvalue weighted by atomic mass is 10.1. The number of benzene rings is 2. The van der Waals surface area contributed by atoms with Crippen LogP contribution in [-0.4, -0.2) is 5.11 Å². The molecule has 0 unspecified atom stereocenters. The van der Waals surface area contributed by atoms with Crippen LogP contribution >= 0.6 is 0 Å². The summed E-state index contributed by atoms with van der Waals surface area (Å²) < 4.78 is 0. The van der Waals surface area contributed by atoms with E-state index < -0.39 is 0 Å². The Bertz CT molecular complexity index is 382. The molecule has 0 saturated heterocycles. The number of fused-ring (bicyclic) bond motifs is 1. The molecule has 2 aromatic carbocycles. The third-order valence-electron chi connectivity index (χ3n) is 2.00. The first kappa shape index (κ1) is 7.17. The highest BCUT2D eigenvalue weighted by atomic mass is 16.3. The maximum absolute atomic E-state index is 7.45. The lowest BCUT2D eigenvalue weighted by Crippen LogP contribution is -1.74.